The second kappa shape index (κ2) is 6.81. The smallest absolute Gasteiger partial charge is 0.0529 e. The summed E-state index contributed by atoms with van der Waals surface area (Å²) in [5.74, 6) is 0.719. The zero-order valence-electron chi connectivity index (χ0n) is 10.1. The highest BCUT2D eigenvalue weighted by Gasteiger charge is 2.05. The predicted octanol–water partition coefficient (Wildman–Crippen LogP) is 2.62. The number of rotatable bonds is 6. The first-order chi connectivity index (χ1) is 7.63. The lowest BCUT2D eigenvalue weighted by atomic mass is 10.1. The molecule has 16 heavy (non-hydrogen) atoms. The Hall–Kier alpha value is -0.670. The lowest BCUT2D eigenvalue weighted by Crippen LogP contribution is -2.19. The zero-order chi connectivity index (χ0) is 12.0. The van der Waals surface area contributed by atoms with Crippen molar-refractivity contribution in [3.05, 3.63) is 29.8 Å². The van der Waals surface area contributed by atoms with Crippen molar-refractivity contribution < 1.29 is 4.21 Å². The molecule has 1 rings (SSSR count). The van der Waals surface area contributed by atoms with Gasteiger partial charge in [-0.2, -0.15) is 0 Å². The van der Waals surface area contributed by atoms with Crippen LogP contribution in [0.2, 0.25) is 0 Å². The van der Waals surface area contributed by atoms with E-state index in [-0.39, 0.29) is 6.04 Å². The van der Waals surface area contributed by atoms with Crippen LogP contribution in [-0.4, -0.2) is 16.0 Å². The summed E-state index contributed by atoms with van der Waals surface area (Å²) in [5, 5.41) is 0. The van der Waals surface area contributed by atoms with Gasteiger partial charge in [0, 0.05) is 16.7 Å². The van der Waals surface area contributed by atoms with E-state index in [1.165, 1.54) is 0 Å². The molecule has 0 saturated carbocycles. The van der Waals surface area contributed by atoms with E-state index in [0.29, 0.717) is 0 Å². The van der Waals surface area contributed by atoms with Crippen LogP contribution in [0.3, 0.4) is 0 Å². The van der Waals surface area contributed by atoms with Crippen molar-refractivity contribution in [2.75, 3.05) is 5.75 Å². The third kappa shape index (κ3) is 4.45. The molecule has 3 heteroatoms. The monoisotopic (exact) mass is 239 g/mol. The molecule has 2 N–H and O–H groups in total. The average molecular weight is 239 g/mol. The fraction of sp³-hybridized carbons (Fsp3) is 0.538. The molecule has 0 aliphatic rings. The van der Waals surface area contributed by atoms with Gasteiger partial charge in [-0.25, -0.2) is 0 Å². The lowest BCUT2D eigenvalue weighted by molar-refractivity contribution is 0.586. The summed E-state index contributed by atoms with van der Waals surface area (Å²) in [6.07, 6.45) is 2.90. The molecule has 2 unspecified atom stereocenters. The van der Waals surface area contributed by atoms with Gasteiger partial charge in [-0.05, 0) is 43.9 Å². The molecule has 0 aliphatic heterocycles. The first-order valence-electron chi connectivity index (χ1n) is 5.84. The molecule has 0 spiro atoms. The largest absolute Gasteiger partial charge is 0.328 e. The van der Waals surface area contributed by atoms with Crippen LogP contribution < -0.4 is 5.73 Å². The molecule has 1 aromatic carbocycles. The molecule has 0 bridgehead atoms. The van der Waals surface area contributed by atoms with Crippen molar-refractivity contribution in [1.29, 1.82) is 0 Å². The van der Waals surface area contributed by atoms with Crippen molar-refractivity contribution in [3.63, 3.8) is 0 Å². The highest BCUT2D eigenvalue weighted by molar-refractivity contribution is 7.85. The van der Waals surface area contributed by atoms with E-state index in [0.717, 1.165) is 35.5 Å². The Morgan fingerprint density at radius 1 is 1.44 bits per heavy atom. The van der Waals surface area contributed by atoms with Crippen LogP contribution in [0.1, 0.15) is 31.7 Å². The number of benzene rings is 1. The van der Waals surface area contributed by atoms with Gasteiger partial charge in [-0.15, -0.1) is 0 Å². The van der Waals surface area contributed by atoms with Crippen LogP contribution >= 0.6 is 0 Å². The summed E-state index contributed by atoms with van der Waals surface area (Å²) >= 11 is 0. The standard InChI is InChI=1S/C13H21NOS/c1-3-12(14)7-5-9-16(15)13-8-4-6-11(2)10-13/h4,6,8,10,12H,3,5,7,9,14H2,1-2H3. The molecule has 0 heterocycles. The van der Waals surface area contributed by atoms with Gasteiger partial charge >= 0.3 is 0 Å². The molecule has 0 aliphatic carbocycles. The first kappa shape index (κ1) is 13.4. The molecule has 0 saturated heterocycles. The quantitative estimate of drug-likeness (QED) is 0.829. The summed E-state index contributed by atoms with van der Waals surface area (Å²) in [6.45, 7) is 4.11. The zero-order valence-corrected chi connectivity index (χ0v) is 10.9. The Balaban J connectivity index is 2.41. The van der Waals surface area contributed by atoms with Crippen LogP contribution in [0.4, 0.5) is 0 Å². The number of nitrogens with two attached hydrogens (primary N) is 1. The fourth-order valence-electron chi connectivity index (χ4n) is 1.56. The highest BCUT2D eigenvalue weighted by atomic mass is 32.2. The summed E-state index contributed by atoms with van der Waals surface area (Å²) in [4.78, 5) is 0.935. The van der Waals surface area contributed by atoms with Crippen LogP contribution in [0.5, 0.6) is 0 Å². The van der Waals surface area contributed by atoms with Crippen molar-refractivity contribution in [3.8, 4) is 0 Å². The van der Waals surface area contributed by atoms with Crippen LogP contribution in [-0.2, 0) is 10.8 Å². The Morgan fingerprint density at radius 2 is 2.19 bits per heavy atom. The fourth-order valence-corrected chi connectivity index (χ4v) is 2.77. The van der Waals surface area contributed by atoms with Gasteiger partial charge in [0.05, 0.1) is 10.8 Å². The summed E-state index contributed by atoms with van der Waals surface area (Å²) in [7, 11) is -0.868. The molecule has 0 radical (unpaired) electrons. The maximum atomic E-state index is 11.9. The molecule has 1 aromatic rings. The van der Waals surface area contributed by atoms with Crippen LogP contribution in [0, 0.1) is 6.92 Å². The summed E-state index contributed by atoms with van der Waals surface area (Å²) in [5.41, 5.74) is 6.99. The minimum atomic E-state index is -0.868. The molecule has 0 amide bonds. The molecular formula is C13H21NOS. The summed E-state index contributed by atoms with van der Waals surface area (Å²) < 4.78 is 11.9. The van der Waals surface area contributed by atoms with Gasteiger partial charge in [0.1, 0.15) is 0 Å². The van der Waals surface area contributed by atoms with E-state index in [1.807, 2.05) is 31.2 Å². The number of hydrogen-bond acceptors (Lipinski definition) is 2. The Kier molecular flexibility index (Phi) is 5.71. The van der Waals surface area contributed by atoms with Crippen molar-refractivity contribution in [1.82, 2.24) is 0 Å². The third-order valence-electron chi connectivity index (χ3n) is 2.68. The molecule has 2 nitrogen and oxygen atoms in total. The minimum Gasteiger partial charge on any atom is -0.328 e. The first-order valence-corrected chi connectivity index (χ1v) is 7.16. The SMILES string of the molecule is CCC(N)CCCS(=O)c1cccc(C)c1. The normalized spacial score (nSPS) is 14.7. The lowest BCUT2D eigenvalue weighted by Gasteiger charge is -2.08. The third-order valence-corrected chi connectivity index (χ3v) is 4.12. The Bertz CT molecular complexity index is 352. The topological polar surface area (TPSA) is 43.1 Å². The van der Waals surface area contributed by atoms with Crippen molar-refractivity contribution in [2.45, 2.75) is 44.0 Å². The van der Waals surface area contributed by atoms with E-state index >= 15 is 0 Å². The molecule has 0 aromatic heterocycles. The highest BCUT2D eigenvalue weighted by Crippen LogP contribution is 2.11. The predicted molar refractivity (Wildman–Crippen MR) is 70.0 cm³/mol. The van der Waals surface area contributed by atoms with Gasteiger partial charge in [-0.1, -0.05) is 19.1 Å². The van der Waals surface area contributed by atoms with Crippen molar-refractivity contribution in [2.24, 2.45) is 5.73 Å². The van der Waals surface area contributed by atoms with Crippen LogP contribution in [0.15, 0.2) is 29.2 Å². The molecule has 90 valence electrons. The molecule has 0 fully saturated rings. The van der Waals surface area contributed by atoms with E-state index in [1.54, 1.807) is 0 Å². The van der Waals surface area contributed by atoms with Gasteiger partial charge in [0.25, 0.3) is 0 Å². The second-order valence-electron chi connectivity index (χ2n) is 4.18. The van der Waals surface area contributed by atoms with E-state index in [4.69, 9.17) is 5.73 Å². The van der Waals surface area contributed by atoms with E-state index in [9.17, 15) is 4.21 Å². The molecule has 2 atom stereocenters. The minimum absolute atomic E-state index is 0.259. The summed E-state index contributed by atoms with van der Waals surface area (Å²) in [6, 6.07) is 8.17. The van der Waals surface area contributed by atoms with E-state index in [2.05, 4.69) is 6.92 Å². The Morgan fingerprint density at radius 3 is 2.81 bits per heavy atom. The van der Waals surface area contributed by atoms with Gasteiger partial charge in [0.15, 0.2) is 0 Å². The van der Waals surface area contributed by atoms with Gasteiger partial charge in [0.2, 0.25) is 0 Å². The number of hydrogen-bond donors (Lipinski definition) is 1. The second-order valence-corrected chi connectivity index (χ2v) is 5.75. The van der Waals surface area contributed by atoms with E-state index < -0.39 is 10.8 Å². The maximum absolute atomic E-state index is 11.9. The molecular weight excluding hydrogens is 218 g/mol. The van der Waals surface area contributed by atoms with Gasteiger partial charge in [-0.3, -0.25) is 4.21 Å². The Labute approximate surface area is 101 Å². The van der Waals surface area contributed by atoms with Crippen molar-refractivity contribution >= 4 is 10.8 Å². The average Bonchev–Trinajstić information content (AvgIpc) is 2.28. The number of aryl methyl sites for hydroxylation is 1. The van der Waals surface area contributed by atoms with Gasteiger partial charge < -0.3 is 5.73 Å². The maximum Gasteiger partial charge on any atom is 0.0529 e. The van der Waals surface area contributed by atoms with Crippen LogP contribution in [0.25, 0.3) is 0 Å².